The van der Waals surface area contributed by atoms with Crippen molar-refractivity contribution in [1.82, 2.24) is 0 Å². The minimum atomic E-state index is -0.313. The molecule has 0 spiro atoms. The predicted octanol–water partition coefficient (Wildman–Crippen LogP) is 7.31. The first-order chi connectivity index (χ1) is 13.6. The van der Waals surface area contributed by atoms with Crippen LogP contribution in [0.3, 0.4) is 0 Å². The second kappa shape index (κ2) is 11.0. The first-order valence-electron chi connectivity index (χ1n) is 11.6. The van der Waals surface area contributed by atoms with Gasteiger partial charge >= 0.3 is 5.97 Å². The van der Waals surface area contributed by atoms with Gasteiger partial charge in [0.25, 0.3) is 0 Å². The Hall–Kier alpha value is -1.38. The van der Waals surface area contributed by atoms with Crippen LogP contribution < -0.4 is 4.74 Å². The maximum Gasteiger partial charge on any atom is 0.311 e. The molecule has 0 saturated heterocycles. The van der Waals surface area contributed by atoms with Crippen molar-refractivity contribution in [1.29, 1.82) is 0 Å². The van der Waals surface area contributed by atoms with Crippen molar-refractivity contribution in [3.8, 4) is 5.75 Å². The van der Waals surface area contributed by atoms with Crippen molar-refractivity contribution in [3.63, 3.8) is 0 Å². The Labute approximate surface area is 170 Å². The summed E-state index contributed by atoms with van der Waals surface area (Å²) in [6, 6.07) is 5.68. The molecule has 0 amide bonds. The van der Waals surface area contributed by atoms with Crippen LogP contribution in [0.2, 0.25) is 0 Å². The van der Waals surface area contributed by atoms with Gasteiger partial charge in [-0.05, 0) is 73.6 Å². The van der Waals surface area contributed by atoms with Crippen LogP contribution in [0.25, 0.3) is 0 Å². The van der Waals surface area contributed by atoms with E-state index in [1.165, 1.54) is 94.9 Å². The molecule has 3 rings (SSSR count). The zero-order valence-corrected chi connectivity index (χ0v) is 17.5. The fourth-order valence-electron chi connectivity index (χ4n) is 5.47. The third-order valence-electron chi connectivity index (χ3n) is 7.15. The van der Waals surface area contributed by atoms with E-state index < -0.39 is 0 Å². The lowest BCUT2D eigenvalue weighted by Crippen LogP contribution is -2.27. The van der Waals surface area contributed by atoms with E-state index in [-0.39, 0.29) is 11.8 Å². The van der Waals surface area contributed by atoms with E-state index in [2.05, 4.69) is 6.92 Å². The van der Waals surface area contributed by atoms with Gasteiger partial charge < -0.3 is 4.74 Å². The lowest BCUT2D eigenvalue weighted by molar-refractivity contribution is -0.134. The molecule has 0 bridgehead atoms. The van der Waals surface area contributed by atoms with Gasteiger partial charge in [0, 0.05) is 6.42 Å². The summed E-state index contributed by atoms with van der Waals surface area (Å²) in [4.78, 5) is 12.1. The second-order valence-electron chi connectivity index (χ2n) is 9.18. The van der Waals surface area contributed by atoms with Crippen LogP contribution in [0.5, 0.6) is 5.75 Å². The highest BCUT2D eigenvalue weighted by Crippen LogP contribution is 2.43. The number of esters is 1. The summed E-state index contributed by atoms with van der Waals surface area (Å²) in [6.07, 6.45) is 16.6. The molecule has 0 N–H and O–H groups in total. The molecule has 0 heterocycles. The molecule has 2 atom stereocenters. The van der Waals surface area contributed by atoms with E-state index in [9.17, 15) is 9.18 Å². The van der Waals surface area contributed by atoms with Crippen molar-refractivity contribution >= 4 is 5.97 Å². The summed E-state index contributed by atoms with van der Waals surface area (Å²) in [5.74, 6) is 3.38. The van der Waals surface area contributed by atoms with Crippen LogP contribution in [0.1, 0.15) is 90.4 Å². The van der Waals surface area contributed by atoms with Crippen LogP contribution >= 0.6 is 0 Å². The second-order valence-corrected chi connectivity index (χ2v) is 9.18. The number of rotatable bonds is 8. The smallest absolute Gasteiger partial charge is 0.311 e. The van der Waals surface area contributed by atoms with Crippen LogP contribution in [0, 0.1) is 29.5 Å². The zero-order valence-electron chi connectivity index (χ0n) is 17.5. The molecular formula is C25H37FO2. The number of carbonyl (C=O) groups is 1. The van der Waals surface area contributed by atoms with Crippen molar-refractivity contribution in [2.45, 2.75) is 90.4 Å². The standard InChI is InChI=1S/C25H37FO2/c1-2-3-5-19-8-11-21(12-9-19)22-7-4-6-20(18-22)10-17-25(27)28-24-15-13-23(26)14-16-24/h13-16,19-22H,2-12,17-18H2,1H3/t19?,20?,21?,22-/m0/s1. The first-order valence-corrected chi connectivity index (χ1v) is 11.6. The lowest BCUT2D eigenvalue weighted by atomic mass is 9.67. The zero-order chi connectivity index (χ0) is 19.8. The van der Waals surface area contributed by atoms with E-state index in [0.29, 0.717) is 18.1 Å². The Morgan fingerprint density at radius 2 is 1.71 bits per heavy atom. The highest BCUT2D eigenvalue weighted by Gasteiger charge is 2.31. The monoisotopic (exact) mass is 388 g/mol. The van der Waals surface area contributed by atoms with Crippen molar-refractivity contribution < 1.29 is 13.9 Å². The van der Waals surface area contributed by atoms with Gasteiger partial charge in [-0.2, -0.15) is 0 Å². The van der Waals surface area contributed by atoms with E-state index in [4.69, 9.17) is 4.74 Å². The van der Waals surface area contributed by atoms with Gasteiger partial charge in [-0.15, -0.1) is 0 Å². The molecule has 2 nitrogen and oxygen atoms in total. The highest BCUT2D eigenvalue weighted by molar-refractivity contribution is 5.72. The summed E-state index contributed by atoms with van der Waals surface area (Å²) < 4.78 is 18.3. The van der Waals surface area contributed by atoms with Gasteiger partial charge in [-0.25, -0.2) is 4.39 Å². The fourth-order valence-corrected chi connectivity index (χ4v) is 5.47. The number of halogens is 1. The summed E-state index contributed by atoms with van der Waals surface area (Å²) in [5, 5.41) is 0. The molecule has 2 aliphatic rings. The summed E-state index contributed by atoms with van der Waals surface area (Å²) in [7, 11) is 0. The molecule has 1 unspecified atom stereocenters. The molecule has 1 aromatic carbocycles. The van der Waals surface area contributed by atoms with Crippen LogP contribution in [-0.4, -0.2) is 5.97 Å². The average molecular weight is 389 g/mol. The minimum Gasteiger partial charge on any atom is -0.427 e. The SMILES string of the molecule is CCCCC1CCC([C@H]2CCCC(CCC(=O)Oc3ccc(F)cc3)C2)CC1. The van der Waals surface area contributed by atoms with Crippen molar-refractivity contribution in [2.24, 2.45) is 23.7 Å². The van der Waals surface area contributed by atoms with Gasteiger partial charge in [0.15, 0.2) is 0 Å². The van der Waals surface area contributed by atoms with Gasteiger partial charge in [0.2, 0.25) is 0 Å². The van der Waals surface area contributed by atoms with Crippen LogP contribution in [0.15, 0.2) is 24.3 Å². The molecule has 2 saturated carbocycles. The molecule has 3 heteroatoms. The van der Waals surface area contributed by atoms with Gasteiger partial charge in [0.1, 0.15) is 11.6 Å². The number of hydrogen-bond acceptors (Lipinski definition) is 2. The number of hydrogen-bond donors (Lipinski definition) is 0. The highest BCUT2D eigenvalue weighted by atomic mass is 19.1. The Morgan fingerprint density at radius 3 is 2.43 bits per heavy atom. The van der Waals surface area contributed by atoms with E-state index >= 15 is 0 Å². The number of carbonyl (C=O) groups excluding carboxylic acids is 1. The molecule has 28 heavy (non-hydrogen) atoms. The summed E-state index contributed by atoms with van der Waals surface area (Å²) in [5.41, 5.74) is 0. The number of benzene rings is 1. The van der Waals surface area contributed by atoms with E-state index in [1.807, 2.05) is 0 Å². The quantitative estimate of drug-likeness (QED) is 0.344. The van der Waals surface area contributed by atoms with Gasteiger partial charge in [-0.1, -0.05) is 58.3 Å². The molecule has 0 aromatic heterocycles. The largest absolute Gasteiger partial charge is 0.427 e. The Kier molecular flexibility index (Phi) is 8.36. The summed E-state index contributed by atoms with van der Waals surface area (Å²) in [6.45, 7) is 2.29. The van der Waals surface area contributed by atoms with E-state index in [1.54, 1.807) is 0 Å². The molecule has 0 aliphatic heterocycles. The minimum absolute atomic E-state index is 0.190. The normalized spacial score (nSPS) is 28.1. The first kappa shape index (κ1) is 21.3. The van der Waals surface area contributed by atoms with Crippen molar-refractivity contribution in [3.05, 3.63) is 30.1 Å². The third kappa shape index (κ3) is 6.60. The predicted molar refractivity (Wildman–Crippen MR) is 112 cm³/mol. The molecule has 1 aromatic rings. The van der Waals surface area contributed by atoms with Gasteiger partial charge in [-0.3, -0.25) is 4.79 Å². The maximum atomic E-state index is 12.9. The van der Waals surface area contributed by atoms with Crippen LogP contribution in [0.4, 0.5) is 4.39 Å². The average Bonchev–Trinajstić information content (AvgIpc) is 2.73. The Bertz CT molecular complexity index is 589. The topological polar surface area (TPSA) is 26.3 Å². The van der Waals surface area contributed by atoms with E-state index in [0.717, 1.165) is 24.2 Å². The lowest BCUT2D eigenvalue weighted by Gasteiger charge is -2.38. The maximum absolute atomic E-state index is 12.9. The Balaban J connectivity index is 1.38. The molecule has 2 fully saturated rings. The fraction of sp³-hybridized carbons (Fsp3) is 0.720. The Morgan fingerprint density at radius 1 is 0.964 bits per heavy atom. The molecular weight excluding hydrogens is 351 g/mol. The number of ether oxygens (including phenoxy) is 1. The van der Waals surface area contributed by atoms with Crippen LogP contribution in [-0.2, 0) is 4.79 Å². The third-order valence-corrected chi connectivity index (χ3v) is 7.15. The van der Waals surface area contributed by atoms with Gasteiger partial charge in [0.05, 0.1) is 0 Å². The molecule has 156 valence electrons. The summed E-state index contributed by atoms with van der Waals surface area (Å²) >= 11 is 0. The molecule has 0 radical (unpaired) electrons. The van der Waals surface area contributed by atoms with Crippen molar-refractivity contribution in [2.75, 3.05) is 0 Å². The molecule has 2 aliphatic carbocycles. The number of unbranched alkanes of at least 4 members (excludes halogenated alkanes) is 1.